The van der Waals surface area contributed by atoms with Crippen LogP contribution >= 0.6 is 27.5 Å². The maximum atomic E-state index is 11.0. The molecule has 0 spiro atoms. The Morgan fingerprint density at radius 3 is 2.48 bits per heavy atom. The van der Waals surface area contributed by atoms with E-state index in [1.807, 2.05) is 13.8 Å². The predicted molar refractivity (Wildman–Crippen MR) is 83.0 cm³/mol. The van der Waals surface area contributed by atoms with E-state index in [0.29, 0.717) is 24.1 Å². The van der Waals surface area contributed by atoms with E-state index in [0.717, 1.165) is 0 Å². The van der Waals surface area contributed by atoms with Crippen molar-refractivity contribution in [1.82, 2.24) is 0 Å². The molecule has 0 heterocycles. The fraction of sp³-hybridized carbons (Fsp3) is 0.538. The zero-order valence-corrected chi connectivity index (χ0v) is 14.1. The Morgan fingerprint density at radius 2 is 1.95 bits per heavy atom. The molecule has 0 aromatic heterocycles. The van der Waals surface area contributed by atoms with Gasteiger partial charge in [-0.25, -0.2) is 0 Å². The van der Waals surface area contributed by atoms with E-state index in [2.05, 4.69) is 15.9 Å². The van der Waals surface area contributed by atoms with Crippen molar-refractivity contribution in [2.75, 3.05) is 19.8 Å². The van der Waals surface area contributed by atoms with Gasteiger partial charge in [0.15, 0.2) is 6.29 Å². The van der Waals surface area contributed by atoms with Crippen molar-refractivity contribution in [2.24, 2.45) is 0 Å². The minimum absolute atomic E-state index is 0.149. The van der Waals surface area contributed by atoms with Gasteiger partial charge in [0.05, 0.1) is 16.0 Å². The first-order valence-corrected chi connectivity index (χ1v) is 7.66. The van der Waals surface area contributed by atoms with Crippen LogP contribution in [0.15, 0.2) is 16.6 Å². The van der Waals surface area contributed by atoms with Crippen molar-refractivity contribution in [1.29, 1.82) is 0 Å². The highest BCUT2D eigenvalue weighted by Crippen LogP contribution is 2.38. The third-order valence-corrected chi connectivity index (χ3v) is 3.30. The van der Waals surface area contributed by atoms with Gasteiger partial charge in [-0.05, 0) is 35.8 Å². The number of nitro benzene ring substituents is 1. The van der Waals surface area contributed by atoms with Crippen LogP contribution in [0, 0.1) is 10.1 Å². The number of hydrogen-bond acceptors (Lipinski definition) is 5. The molecule has 0 N–H and O–H groups in total. The normalized spacial score (nSPS) is 10.9. The van der Waals surface area contributed by atoms with Crippen LogP contribution in [0.25, 0.3) is 0 Å². The van der Waals surface area contributed by atoms with Crippen molar-refractivity contribution in [2.45, 2.75) is 26.6 Å². The number of halogens is 2. The molecule has 0 bridgehead atoms. The second-order valence-electron chi connectivity index (χ2n) is 3.97. The molecule has 1 aromatic carbocycles. The highest BCUT2D eigenvalue weighted by molar-refractivity contribution is 9.10. The molecule has 0 aliphatic heterocycles. The lowest BCUT2D eigenvalue weighted by atomic mass is 10.3. The number of hydrogen-bond donors (Lipinski definition) is 0. The maximum absolute atomic E-state index is 11.0. The second kappa shape index (κ2) is 9.19. The van der Waals surface area contributed by atoms with Crippen LogP contribution in [-0.2, 0) is 9.47 Å². The lowest BCUT2D eigenvalue weighted by Gasteiger charge is -2.17. The largest absolute Gasteiger partial charge is 0.486 e. The van der Waals surface area contributed by atoms with Crippen LogP contribution in [0.3, 0.4) is 0 Å². The molecule has 1 rings (SSSR count). The summed E-state index contributed by atoms with van der Waals surface area (Å²) < 4.78 is 16.7. The maximum Gasteiger partial charge on any atom is 0.313 e. The van der Waals surface area contributed by atoms with Crippen LogP contribution in [0.1, 0.15) is 20.3 Å². The molecule has 0 fully saturated rings. The topological polar surface area (TPSA) is 70.8 Å². The van der Waals surface area contributed by atoms with Gasteiger partial charge in [0, 0.05) is 30.7 Å². The minimum Gasteiger partial charge on any atom is -0.486 e. The van der Waals surface area contributed by atoms with E-state index in [1.165, 1.54) is 6.07 Å². The van der Waals surface area contributed by atoms with Crippen LogP contribution < -0.4 is 4.74 Å². The van der Waals surface area contributed by atoms with Crippen LogP contribution in [0.2, 0.25) is 5.02 Å². The Labute approximate surface area is 136 Å². The molecular weight excluding hydrogens is 366 g/mol. The summed E-state index contributed by atoms with van der Waals surface area (Å²) in [6, 6.07) is 2.80. The number of rotatable bonds is 9. The van der Waals surface area contributed by atoms with Crippen LogP contribution in [0.5, 0.6) is 5.75 Å². The zero-order chi connectivity index (χ0) is 15.8. The Hall–Kier alpha value is -0.890. The summed E-state index contributed by atoms with van der Waals surface area (Å²) in [5.41, 5.74) is -0.182. The number of nitrogens with zero attached hydrogens (tertiary/aromatic N) is 1. The molecule has 0 saturated heterocycles. The zero-order valence-electron chi connectivity index (χ0n) is 11.8. The lowest BCUT2D eigenvalue weighted by molar-refractivity contribution is -0.386. The van der Waals surface area contributed by atoms with Gasteiger partial charge in [-0.2, -0.15) is 0 Å². The van der Waals surface area contributed by atoms with Gasteiger partial charge in [-0.15, -0.1) is 0 Å². The van der Waals surface area contributed by atoms with E-state index in [-0.39, 0.29) is 29.4 Å². The first kappa shape index (κ1) is 18.2. The van der Waals surface area contributed by atoms with Crippen LogP contribution in [0.4, 0.5) is 5.69 Å². The molecule has 0 amide bonds. The first-order chi connectivity index (χ1) is 9.99. The van der Waals surface area contributed by atoms with Gasteiger partial charge in [-0.3, -0.25) is 10.1 Å². The van der Waals surface area contributed by atoms with Gasteiger partial charge in [0.2, 0.25) is 5.75 Å². The summed E-state index contributed by atoms with van der Waals surface area (Å²) >= 11 is 9.02. The van der Waals surface area contributed by atoms with E-state index in [1.54, 1.807) is 6.07 Å². The highest BCUT2D eigenvalue weighted by Gasteiger charge is 2.20. The van der Waals surface area contributed by atoms with E-state index < -0.39 is 4.92 Å². The quantitative estimate of drug-likeness (QED) is 0.364. The van der Waals surface area contributed by atoms with E-state index in [4.69, 9.17) is 25.8 Å². The molecule has 0 atom stereocenters. The first-order valence-electron chi connectivity index (χ1n) is 6.49. The molecule has 1 aromatic rings. The van der Waals surface area contributed by atoms with Crippen LogP contribution in [-0.4, -0.2) is 31.0 Å². The summed E-state index contributed by atoms with van der Waals surface area (Å²) in [6.07, 6.45) is 0.0820. The smallest absolute Gasteiger partial charge is 0.313 e. The van der Waals surface area contributed by atoms with Gasteiger partial charge >= 0.3 is 5.69 Å². The number of benzene rings is 1. The Kier molecular flexibility index (Phi) is 7.95. The number of ether oxygens (including phenoxy) is 3. The summed E-state index contributed by atoms with van der Waals surface area (Å²) in [5, 5.41) is 11.3. The van der Waals surface area contributed by atoms with Gasteiger partial charge < -0.3 is 14.2 Å². The van der Waals surface area contributed by atoms with E-state index >= 15 is 0 Å². The fourth-order valence-corrected chi connectivity index (χ4v) is 2.58. The second-order valence-corrected chi connectivity index (χ2v) is 5.26. The minimum atomic E-state index is -0.533. The van der Waals surface area contributed by atoms with Crippen molar-refractivity contribution >= 4 is 33.2 Å². The van der Waals surface area contributed by atoms with Crippen molar-refractivity contribution in [3.63, 3.8) is 0 Å². The summed E-state index contributed by atoms with van der Waals surface area (Å²) in [4.78, 5) is 10.5. The molecule has 8 heteroatoms. The summed E-state index contributed by atoms with van der Waals surface area (Å²) in [5.74, 6) is 0.149. The third kappa shape index (κ3) is 5.78. The molecule has 6 nitrogen and oxygen atoms in total. The highest BCUT2D eigenvalue weighted by atomic mass is 79.9. The molecular formula is C13H17BrClNO5. The predicted octanol–water partition coefficient (Wildman–Crippen LogP) is 4.18. The van der Waals surface area contributed by atoms with Crippen molar-refractivity contribution in [3.8, 4) is 5.75 Å². The van der Waals surface area contributed by atoms with Gasteiger partial charge in [0.1, 0.15) is 0 Å². The summed E-state index contributed by atoms with van der Waals surface area (Å²) in [7, 11) is 0. The fourth-order valence-electron chi connectivity index (χ4n) is 1.67. The SMILES string of the molecule is CCOC(CCOc1c(Br)cc(Cl)cc1[N+](=O)[O-])OCC. The van der Waals surface area contributed by atoms with Crippen molar-refractivity contribution < 1.29 is 19.1 Å². The average Bonchev–Trinajstić information content (AvgIpc) is 2.40. The monoisotopic (exact) mass is 381 g/mol. The Bertz CT molecular complexity index is 480. The molecule has 118 valence electrons. The van der Waals surface area contributed by atoms with E-state index in [9.17, 15) is 10.1 Å². The third-order valence-electron chi connectivity index (χ3n) is 2.49. The van der Waals surface area contributed by atoms with Gasteiger partial charge in [-0.1, -0.05) is 11.6 Å². The van der Waals surface area contributed by atoms with Gasteiger partial charge in [0.25, 0.3) is 0 Å². The molecule has 0 saturated carbocycles. The molecule has 0 radical (unpaired) electrons. The average molecular weight is 383 g/mol. The molecule has 0 aliphatic rings. The standard InChI is InChI=1S/C13H17BrClNO5/c1-3-19-12(20-4-2)5-6-21-13-10(14)7-9(15)8-11(13)16(17)18/h7-8,12H,3-6H2,1-2H3. The molecule has 0 unspecified atom stereocenters. The molecule has 0 aliphatic carbocycles. The lowest BCUT2D eigenvalue weighted by Crippen LogP contribution is -2.20. The Balaban J connectivity index is 2.72. The Morgan fingerprint density at radius 1 is 1.33 bits per heavy atom. The van der Waals surface area contributed by atoms with Crippen molar-refractivity contribution in [3.05, 3.63) is 31.7 Å². The molecule has 21 heavy (non-hydrogen) atoms. The summed E-state index contributed by atoms with van der Waals surface area (Å²) in [6.45, 7) is 5.01. The number of nitro groups is 1.